The number of aliphatic imine (C=N–C) groups is 1. The SMILES string of the molecule is Cc1cc(C)c(-n2[c-][n+]([B@-](C3=NC(C)(C)CO3)(C3=[NH+]C(C)(C)CO3)c3ccccc3)cc2)c(C)c1.[K+].c1ccccc1. The van der Waals surface area contributed by atoms with E-state index in [4.69, 9.17) is 14.5 Å². The van der Waals surface area contributed by atoms with Crippen molar-refractivity contribution in [3.05, 3.63) is 114 Å². The molecule has 0 bridgehead atoms. The molecule has 42 heavy (non-hydrogen) atoms. The van der Waals surface area contributed by atoms with Gasteiger partial charge >= 0.3 is 57.7 Å². The third-order valence-electron chi connectivity index (χ3n) is 7.61. The average molecular weight is 588 g/mol. The van der Waals surface area contributed by atoms with Crippen LogP contribution in [0.1, 0.15) is 44.4 Å². The van der Waals surface area contributed by atoms with Gasteiger partial charge in [0.1, 0.15) is 6.61 Å². The van der Waals surface area contributed by atoms with Crippen LogP contribution in [0.15, 0.2) is 96.2 Å². The minimum Gasteiger partial charge on any atom is -0.512 e. The van der Waals surface area contributed by atoms with Gasteiger partial charge in [-0.3, -0.25) is 4.99 Å². The van der Waals surface area contributed by atoms with Gasteiger partial charge in [0.05, 0.1) is 17.0 Å². The summed E-state index contributed by atoms with van der Waals surface area (Å²) in [7, 11) is 0. The number of aryl methyl sites for hydroxylation is 3. The van der Waals surface area contributed by atoms with Crippen LogP contribution in [0, 0.1) is 27.1 Å². The summed E-state index contributed by atoms with van der Waals surface area (Å²) in [5.74, 6) is 1.42. The van der Waals surface area contributed by atoms with Crippen LogP contribution in [0.5, 0.6) is 0 Å². The molecule has 1 atom stereocenters. The quantitative estimate of drug-likeness (QED) is 0.273. The summed E-state index contributed by atoms with van der Waals surface area (Å²) in [6.45, 7) is 16.0. The predicted octanol–water partition coefficient (Wildman–Crippen LogP) is 0.455. The Kier molecular flexibility index (Phi) is 10.1. The molecule has 3 aromatic carbocycles. The largest absolute Gasteiger partial charge is 1.00 e. The van der Waals surface area contributed by atoms with Crippen molar-refractivity contribution in [1.29, 1.82) is 0 Å². The molecule has 0 saturated carbocycles. The number of nitrogens with zero attached hydrogens (tertiary/aromatic N) is 3. The molecule has 212 valence electrons. The number of hydrogen-bond donors (Lipinski definition) is 1. The van der Waals surface area contributed by atoms with E-state index in [2.05, 4.69) is 118 Å². The summed E-state index contributed by atoms with van der Waals surface area (Å²) in [4.78, 5) is 8.76. The van der Waals surface area contributed by atoms with Crippen LogP contribution in [-0.4, -0.2) is 46.7 Å². The Morgan fingerprint density at radius 2 is 1.43 bits per heavy atom. The number of rotatable bonds is 5. The van der Waals surface area contributed by atoms with Gasteiger partial charge in [-0.15, -0.1) is 5.46 Å². The number of benzene rings is 3. The first-order chi connectivity index (χ1) is 19.5. The zero-order valence-electron chi connectivity index (χ0n) is 26.3. The Morgan fingerprint density at radius 1 is 0.857 bits per heavy atom. The van der Waals surface area contributed by atoms with E-state index < -0.39 is 6.28 Å². The van der Waals surface area contributed by atoms with E-state index in [-0.39, 0.29) is 62.5 Å². The second-order valence-electron chi connectivity index (χ2n) is 12.5. The molecular formula is C34H41BKN4O2+. The zero-order chi connectivity index (χ0) is 29.3. The van der Waals surface area contributed by atoms with Gasteiger partial charge in [0.2, 0.25) is 5.80 Å². The van der Waals surface area contributed by atoms with Gasteiger partial charge in [-0.1, -0.05) is 84.4 Å². The van der Waals surface area contributed by atoms with Crippen LogP contribution in [0.4, 0.5) is 0 Å². The van der Waals surface area contributed by atoms with Crippen molar-refractivity contribution < 1.29 is 70.3 Å². The van der Waals surface area contributed by atoms with Crippen molar-refractivity contribution in [2.75, 3.05) is 13.2 Å². The number of nitrogens with one attached hydrogen (secondary N) is 1. The monoisotopic (exact) mass is 587 g/mol. The van der Waals surface area contributed by atoms with E-state index in [0.717, 1.165) is 16.9 Å². The summed E-state index contributed by atoms with van der Waals surface area (Å²) in [6.07, 6.45) is 5.85. The van der Waals surface area contributed by atoms with Gasteiger partial charge in [0.25, 0.3) is 0 Å². The molecule has 0 radical (unpaired) electrons. The maximum atomic E-state index is 6.42. The second-order valence-corrected chi connectivity index (χ2v) is 12.5. The Labute approximate surface area is 293 Å². The van der Waals surface area contributed by atoms with Gasteiger partial charge in [0.15, 0.2) is 18.5 Å². The second kappa shape index (κ2) is 13.0. The van der Waals surface area contributed by atoms with E-state index in [1.165, 1.54) is 16.7 Å². The van der Waals surface area contributed by atoms with Crippen LogP contribution in [0.25, 0.3) is 5.69 Å². The van der Waals surface area contributed by atoms with Gasteiger partial charge in [-0.25, -0.2) is 4.99 Å². The van der Waals surface area contributed by atoms with Gasteiger partial charge in [-0.2, -0.15) is 0 Å². The van der Waals surface area contributed by atoms with Crippen molar-refractivity contribution in [3.8, 4) is 5.69 Å². The third-order valence-corrected chi connectivity index (χ3v) is 7.61. The molecule has 3 heterocycles. The van der Waals surface area contributed by atoms with Crippen LogP contribution >= 0.6 is 0 Å². The minimum absolute atomic E-state index is 0. The smallest absolute Gasteiger partial charge is 0.512 e. The normalized spacial score (nSPS) is 17.8. The summed E-state index contributed by atoms with van der Waals surface area (Å²) >= 11 is 0. The molecule has 0 fully saturated rings. The van der Waals surface area contributed by atoms with Crippen LogP contribution < -0.4 is 66.3 Å². The van der Waals surface area contributed by atoms with E-state index >= 15 is 0 Å². The van der Waals surface area contributed by atoms with Crippen LogP contribution in [0.3, 0.4) is 0 Å². The van der Waals surface area contributed by atoms with Crippen LogP contribution in [0.2, 0.25) is 0 Å². The summed E-state index contributed by atoms with van der Waals surface area (Å²) in [5, 5.41) is 0. The number of imidazole rings is 1. The molecule has 0 aliphatic carbocycles. The molecule has 0 unspecified atom stereocenters. The first-order valence-corrected chi connectivity index (χ1v) is 14.4. The zero-order valence-corrected chi connectivity index (χ0v) is 29.4. The topological polar surface area (TPSA) is 53.6 Å². The minimum atomic E-state index is -1.91. The van der Waals surface area contributed by atoms with Crippen molar-refractivity contribution in [1.82, 2.24) is 4.57 Å². The molecule has 0 amide bonds. The first kappa shape index (κ1) is 32.4. The molecule has 6 rings (SSSR count). The number of aromatic nitrogens is 2. The number of ether oxygens (including phenoxy) is 2. The summed E-state index contributed by atoms with van der Waals surface area (Å²) in [6, 6.07) is 26.8. The summed E-state index contributed by atoms with van der Waals surface area (Å²) < 4.78 is 17.0. The van der Waals surface area contributed by atoms with Crippen molar-refractivity contribution in [3.63, 3.8) is 0 Å². The van der Waals surface area contributed by atoms with Gasteiger partial charge in [0, 0.05) is 20.0 Å². The molecule has 8 heteroatoms. The molecule has 2 aliphatic heterocycles. The van der Waals surface area contributed by atoms with Crippen LogP contribution in [-0.2, 0) is 9.47 Å². The molecule has 0 saturated heterocycles. The standard InChI is InChI=1S/C28H34BN4O2.C6H6.K/c1-20-15-21(2)24(22(3)16-20)32-13-14-33(19-32)29(23-11-9-8-10-12-23,25-30-27(4,5)17-34-25)26-31-28(6,7)18-35-26;1-2-4-6-5-3-1;/h8-16H,17-18H2,1-7H3;1-6H;/q-1;;+1/p+1. The molecule has 4 aromatic rings. The van der Waals surface area contributed by atoms with E-state index in [1.54, 1.807) is 0 Å². The van der Waals surface area contributed by atoms with Crippen molar-refractivity contribution >= 4 is 23.3 Å². The maximum absolute atomic E-state index is 6.42. The molecule has 6 nitrogen and oxygen atoms in total. The molecule has 1 N–H and O–H groups in total. The fourth-order valence-electron chi connectivity index (χ4n) is 5.87. The average Bonchev–Trinajstić information content (AvgIpc) is 3.65. The molecule has 1 aromatic heterocycles. The van der Waals surface area contributed by atoms with Crippen molar-refractivity contribution in [2.45, 2.75) is 59.5 Å². The van der Waals surface area contributed by atoms with Crippen molar-refractivity contribution in [2.24, 2.45) is 4.99 Å². The Balaban J connectivity index is 0.000000516. The fourth-order valence-corrected chi connectivity index (χ4v) is 5.87. The molecule has 0 spiro atoms. The molecule has 2 aliphatic rings. The maximum Gasteiger partial charge on any atom is 1.00 e. The predicted molar refractivity (Wildman–Crippen MR) is 166 cm³/mol. The van der Waals surface area contributed by atoms with E-state index in [1.807, 2.05) is 42.5 Å². The van der Waals surface area contributed by atoms with Gasteiger partial charge < -0.3 is 18.5 Å². The van der Waals surface area contributed by atoms with Gasteiger partial charge in [-0.05, 0) is 51.9 Å². The Bertz CT molecular complexity index is 1500. The Hall–Kier alpha value is -2.49. The molecular weight excluding hydrogens is 546 g/mol. The third kappa shape index (κ3) is 6.68. The van der Waals surface area contributed by atoms with E-state index in [9.17, 15) is 0 Å². The Morgan fingerprint density at radius 3 is 1.93 bits per heavy atom. The number of hydrogen-bond acceptors (Lipinski definition) is 3. The first-order valence-electron chi connectivity index (χ1n) is 14.4. The van der Waals surface area contributed by atoms with E-state index in [0.29, 0.717) is 19.0 Å². The summed E-state index contributed by atoms with van der Waals surface area (Å²) in [5.41, 5.74) is 5.33. The fraction of sp³-hybridized carbons (Fsp3) is 0.324.